The molecule has 0 N–H and O–H groups in total. The Kier molecular flexibility index (Phi) is 4.42. The Hall–Kier alpha value is -3.46. The Morgan fingerprint density at radius 1 is 0.412 bits per heavy atom. The first-order valence-electron chi connectivity index (χ1n) is 11.7. The van der Waals surface area contributed by atoms with Crippen molar-refractivity contribution in [2.45, 2.75) is 0 Å². The highest BCUT2D eigenvalue weighted by atomic mass is 79.9. The van der Waals surface area contributed by atoms with Crippen molar-refractivity contribution in [1.29, 1.82) is 0 Å². The van der Waals surface area contributed by atoms with E-state index in [2.05, 4.69) is 143 Å². The minimum absolute atomic E-state index is 1.17. The van der Waals surface area contributed by atoms with Gasteiger partial charge in [-0.1, -0.05) is 137 Å². The first kappa shape index (κ1) is 20.0. The first-order valence-corrected chi connectivity index (χ1v) is 14.4. The van der Waals surface area contributed by atoms with E-state index in [-0.39, 0.29) is 0 Å². The summed E-state index contributed by atoms with van der Waals surface area (Å²) < 4.78 is 1.17. The summed E-state index contributed by atoms with van der Waals surface area (Å²) in [6.07, 6.45) is 0. The van der Waals surface area contributed by atoms with Crippen LogP contribution in [0.2, 0.25) is 0 Å². The van der Waals surface area contributed by atoms with Gasteiger partial charge in [0.15, 0.2) is 8.07 Å². The zero-order chi connectivity index (χ0) is 22.7. The van der Waals surface area contributed by atoms with Gasteiger partial charge in [-0.3, -0.25) is 0 Å². The van der Waals surface area contributed by atoms with Gasteiger partial charge in [-0.25, -0.2) is 0 Å². The van der Waals surface area contributed by atoms with E-state index in [1.165, 1.54) is 57.9 Å². The lowest BCUT2D eigenvalue weighted by Gasteiger charge is -2.33. The van der Waals surface area contributed by atoms with Gasteiger partial charge in [0.1, 0.15) is 0 Å². The second-order valence-corrected chi connectivity index (χ2v) is 13.5. The fourth-order valence-electron chi connectivity index (χ4n) is 6.11. The molecule has 0 amide bonds. The van der Waals surface area contributed by atoms with E-state index in [0.717, 1.165) is 0 Å². The summed E-state index contributed by atoms with van der Waals surface area (Å²) in [5, 5.41) is 11.2. The smallest absolute Gasteiger partial charge is 0.0623 e. The maximum absolute atomic E-state index is 3.94. The van der Waals surface area contributed by atoms with E-state index in [1.807, 2.05) is 0 Å². The van der Waals surface area contributed by atoms with Crippen molar-refractivity contribution in [3.63, 3.8) is 0 Å². The standard InChI is InChI=1S/C32H21BrSi/c33-27-17-9-21-31-32(27)26-16-5-6-18-30(26)34(31,28-19-7-12-22-10-1-3-14-24(22)28)29-20-8-13-23-11-2-4-15-25(23)29/h1-21H. The fraction of sp³-hybridized carbons (Fsp3) is 0. The van der Waals surface area contributed by atoms with Gasteiger partial charge >= 0.3 is 0 Å². The van der Waals surface area contributed by atoms with Gasteiger partial charge in [0.2, 0.25) is 0 Å². The van der Waals surface area contributed by atoms with Gasteiger partial charge in [0.25, 0.3) is 0 Å². The molecule has 2 heteroatoms. The quantitative estimate of drug-likeness (QED) is 0.245. The lowest BCUT2D eigenvalue weighted by atomic mass is 10.1. The second-order valence-electron chi connectivity index (χ2n) is 9.01. The Morgan fingerprint density at radius 3 is 1.56 bits per heavy atom. The van der Waals surface area contributed by atoms with Crippen LogP contribution in [0.3, 0.4) is 0 Å². The molecule has 0 fully saturated rings. The molecule has 6 aromatic rings. The van der Waals surface area contributed by atoms with Crippen molar-refractivity contribution in [1.82, 2.24) is 0 Å². The Bertz CT molecular complexity index is 1640. The number of halogens is 1. The molecule has 160 valence electrons. The van der Waals surface area contributed by atoms with Gasteiger partial charge in [-0.2, -0.15) is 0 Å². The number of hydrogen-bond acceptors (Lipinski definition) is 0. The van der Waals surface area contributed by atoms with Crippen LogP contribution in [0, 0.1) is 0 Å². The zero-order valence-corrected chi connectivity index (χ0v) is 21.1. The molecule has 7 rings (SSSR count). The molecule has 0 spiro atoms. The fourth-order valence-corrected chi connectivity index (χ4v) is 12.5. The highest BCUT2D eigenvalue weighted by Gasteiger charge is 2.50. The Morgan fingerprint density at radius 2 is 0.882 bits per heavy atom. The van der Waals surface area contributed by atoms with E-state index in [1.54, 1.807) is 0 Å². The van der Waals surface area contributed by atoms with Crippen LogP contribution in [0.15, 0.2) is 132 Å². The third-order valence-corrected chi connectivity index (χ3v) is 13.0. The van der Waals surface area contributed by atoms with Gasteiger partial charge in [-0.05, 0) is 59.5 Å². The van der Waals surface area contributed by atoms with E-state index in [0.29, 0.717) is 0 Å². The van der Waals surface area contributed by atoms with Crippen LogP contribution in [0.5, 0.6) is 0 Å². The summed E-state index contributed by atoms with van der Waals surface area (Å²) in [5.74, 6) is 0. The largest absolute Gasteiger partial charge is 0.182 e. The molecule has 0 nitrogen and oxygen atoms in total. The third kappa shape index (κ3) is 2.58. The van der Waals surface area contributed by atoms with Crippen molar-refractivity contribution in [3.05, 3.63) is 132 Å². The summed E-state index contributed by atoms with van der Waals surface area (Å²) in [6.45, 7) is 0. The van der Waals surface area contributed by atoms with Crippen LogP contribution in [0.25, 0.3) is 32.7 Å². The zero-order valence-electron chi connectivity index (χ0n) is 18.5. The highest BCUT2D eigenvalue weighted by molar-refractivity contribution is 9.10. The molecule has 1 aliphatic rings. The van der Waals surface area contributed by atoms with E-state index in [4.69, 9.17) is 0 Å². The second kappa shape index (κ2) is 7.53. The van der Waals surface area contributed by atoms with Crippen molar-refractivity contribution in [3.8, 4) is 11.1 Å². The molecule has 1 heterocycles. The molecule has 0 unspecified atom stereocenters. The van der Waals surface area contributed by atoms with Gasteiger partial charge in [0.05, 0.1) is 0 Å². The minimum atomic E-state index is -2.62. The van der Waals surface area contributed by atoms with Crippen LogP contribution in [-0.2, 0) is 0 Å². The topological polar surface area (TPSA) is 0 Å². The maximum atomic E-state index is 3.94. The van der Waals surface area contributed by atoms with Crippen molar-refractivity contribution in [2.24, 2.45) is 0 Å². The number of benzene rings is 6. The summed E-state index contributed by atoms with van der Waals surface area (Å²) in [4.78, 5) is 0. The average molecular weight is 514 g/mol. The maximum Gasteiger partial charge on any atom is 0.182 e. The molecule has 0 radical (unpaired) electrons. The highest BCUT2D eigenvalue weighted by Crippen LogP contribution is 2.35. The summed E-state index contributed by atoms with van der Waals surface area (Å²) in [7, 11) is -2.62. The summed E-state index contributed by atoms with van der Waals surface area (Å²) in [6, 6.07) is 47.4. The molecule has 0 saturated carbocycles. The normalized spacial score (nSPS) is 13.7. The van der Waals surface area contributed by atoms with Gasteiger partial charge in [0, 0.05) is 4.47 Å². The van der Waals surface area contributed by atoms with Crippen molar-refractivity contribution < 1.29 is 0 Å². The molecule has 6 aromatic carbocycles. The van der Waals surface area contributed by atoms with Crippen molar-refractivity contribution >= 4 is 66.3 Å². The number of hydrogen-bond donors (Lipinski definition) is 0. The van der Waals surface area contributed by atoms with Gasteiger partial charge in [-0.15, -0.1) is 0 Å². The van der Waals surface area contributed by atoms with E-state index >= 15 is 0 Å². The third-order valence-electron chi connectivity index (χ3n) is 7.41. The molecule has 0 aliphatic carbocycles. The van der Waals surface area contributed by atoms with E-state index in [9.17, 15) is 0 Å². The van der Waals surface area contributed by atoms with Gasteiger partial charge < -0.3 is 0 Å². The molecule has 0 atom stereocenters. The predicted molar refractivity (Wildman–Crippen MR) is 152 cm³/mol. The number of fused-ring (bicyclic) bond motifs is 5. The SMILES string of the molecule is Brc1cccc2c1-c1ccccc1[Si]2(c1cccc2ccccc12)c1cccc2ccccc12. The molecular weight excluding hydrogens is 492 g/mol. The molecule has 0 bridgehead atoms. The Labute approximate surface area is 208 Å². The van der Waals surface area contributed by atoms with E-state index < -0.39 is 8.07 Å². The first-order chi connectivity index (χ1) is 16.8. The molecule has 1 aliphatic heterocycles. The lowest BCUT2D eigenvalue weighted by molar-refractivity contribution is 1.66. The number of rotatable bonds is 2. The molecule has 0 saturated heterocycles. The predicted octanol–water partition coefficient (Wildman–Crippen LogP) is 6.11. The summed E-state index contributed by atoms with van der Waals surface area (Å²) in [5.41, 5.74) is 2.71. The van der Waals surface area contributed by atoms with Crippen LogP contribution in [-0.4, -0.2) is 8.07 Å². The van der Waals surface area contributed by atoms with Crippen LogP contribution in [0.1, 0.15) is 0 Å². The van der Waals surface area contributed by atoms with Crippen molar-refractivity contribution in [2.75, 3.05) is 0 Å². The minimum Gasteiger partial charge on any atom is -0.0623 e. The van der Waals surface area contributed by atoms with Crippen LogP contribution in [0.4, 0.5) is 0 Å². The molecular formula is C32H21BrSi. The summed E-state index contributed by atoms with van der Waals surface area (Å²) >= 11 is 3.94. The monoisotopic (exact) mass is 512 g/mol. The van der Waals surface area contributed by atoms with Crippen LogP contribution < -0.4 is 20.7 Å². The average Bonchev–Trinajstić information content (AvgIpc) is 3.20. The molecule has 34 heavy (non-hydrogen) atoms. The van der Waals surface area contributed by atoms with Crippen LogP contribution >= 0.6 is 15.9 Å². The molecule has 0 aromatic heterocycles. The lowest BCUT2D eigenvalue weighted by Crippen LogP contribution is -2.73. The Balaban J connectivity index is 1.77.